The van der Waals surface area contributed by atoms with Gasteiger partial charge in [0.05, 0.1) is 12.0 Å². The maximum atomic E-state index is 11.4. The van der Waals surface area contributed by atoms with E-state index in [1.54, 1.807) is 0 Å². The van der Waals surface area contributed by atoms with E-state index < -0.39 is 42.9 Å². The van der Waals surface area contributed by atoms with E-state index in [0.29, 0.717) is 0 Å². The molecule has 130 valence electrons. The number of aromatic hydroxyl groups is 1. The molecule has 0 radical (unpaired) electrons. The van der Waals surface area contributed by atoms with Crippen LogP contribution in [0.15, 0.2) is 33.5 Å². The maximum absolute atomic E-state index is 11.4. The number of hydrogen-bond acceptors (Lipinski definition) is 9. The molecule has 0 saturated carbocycles. The summed E-state index contributed by atoms with van der Waals surface area (Å²) >= 11 is 0. The average molecular weight is 340 g/mol. The Morgan fingerprint density at radius 2 is 1.79 bits per heavy atom. The molecule has 5 atom stereocenters. The van der Waals surface area contributed by atoms with Crippen LogP contribution >= 0.6 is 0 Å². The highest BCUT2D eigenvalue weighted by Crippen LogP contribution is 2.33. The maximum Gasteiger partial charge on any atom is 0.336 e. The molecule has 1 fully saturated rings. The second kappa shape index (κ2) is 6.38. The smallest absolute Gasteiger partial charge is 0.336 e. The van der Waals surface area contributed by atoms with E-state index in [1.807, 2.05) is 0 Å². The SMILES string of the molecule is O=c1ccc2c(O)ccc(OC3OC(CO)C(O)C(O)C3O)c2o1. The number of aliphatic hydroxyl groups excluding tert-OH is 4. The van der Waals surface area contributed by atoms with Crippen molar-refractivity contribution < 1.29 is 39.4 Å². The van der Waals surface area contributed by atoms with Crippen LogP contribution < -0.4 is 10.4 Å². The van der Waals surface area contributed by atoms with E-state index in [2.05, 4.69) is 0 Å². The van der Waals surface area contributed by atoms with Gasteiger partial charge in [-0.25, -0.2) is 4.79 Å². The predicted molar refractivity (Wildman–Crippen MR) is 78.5 cm³/mol. The Balaban J connectivity index is 1.96. The van der Waals surface area contributed by atoms with Gasteiger partial charge < -0.3 is 39.4 Å². The lowest BCUT2D eigenvalue weighted by Gasteiger charge is -2.39. The van der Waals surface area contributed by atoms with Crippen molar-refractivity contribution in [1.82, 2.24) is 0 Å². The highest BCUT2D eigenvalue weighted by Gasteiger charge is 2.44. The Hall–Kier alpha value is -2.17. The van der Waals surface area contributed by atoms with Crippen LogP contribution in [0.25, 0.3) is 11.0 Å². The number of fused-ring (bicyclic) bond motifs is 1. The molecule has 9 heteroatoms. The third-order valence-electron chi connectivity index (χ3n) is 3.82. The molecule has 5 N–H and O–H groups in total. The van der Waals surface area contributed by atoms with Crippen molar-refractivity contribution in [3.05, 3.63) is 34.7 Å². The van der Waals surface area contributed by atoms with Gasteiger partial charge in [0.2, 0.25) is 6.29 Å². The Labute approximate surface area is 134 Å². The molecule has 0 aliphatic carbocycles. The third kappa shape index (κ3) is 2.83. The first-order valence-corrected chi connectivity index (χ1v) is 7.15. The lowest BCUT2D eigenvalue weighted by Crippen LogP contribution is -2.60. The van der Waals surface area contributed by atoms with Crippen LogP contribution in [0.4, 0.5) is 0 Å². The molecule has 2 heterocycles. The Bertz CT molecular complexity index is 784. The molecule has 9 nitrogen and oxygen atoms in total. The van der Waals surface area contributed by atoms with Gasteiger partial charge in [0, 0.05) is 6.07 Å². The number of aliphatic hydroxyl groups is 4. The molecule has 5 unspecified atom stereocenters. The lowest BCUT2D eigenvalue weighted by molar-refractivity contribution is -0.277. The van der Waals surface area contributed by atoms with Gasteiger partial charge in [-0.3, -0.25) is 0 Å². The van der Waals surface area contributed by atoms with Crippen LogP contribution in [0.1, 0.15) is 0 Å². The number of rotatable bonds is 3. The lowest BCUT2D eigenvalue weighted by atomic mass is 9.99. The molecule has 1 aliphatic rings. The van der Waals surface area contributed by atoms with Gasteiger partial charge in [-0.05, 0) is 18.2 Å². The molecule has 1 saturated heterocycles. The van der Waals surface area contributed by atoms with E-state index in [1.165, 1.54) is 18.2 Å². The summed E-state index contributed by atoms with van der Waals surface area (Å²) in [7, 11) is 0. The van der Waals surface area contributed by atoms with Gasteiger partial charge in [-0.15, -0.1) is 0 Å². The van der Waals surface area contributed by atoms with Crippen LogP contribution in [-0.4, -0.2) is 62.8 Å². The quantitative estimate of drug-likeness (QED) is 0.429. The molecule has 1 aromatic carbocycles. The zero-order valence-corrected chi connectivity index (χ0v) is 12.3. The van der Waals surface area contributed by atoms with E-state index in [0.717, 1.165) is 6.07 Å². The summed E-state index contributed by atoms with van der Waals surface area (Å²) in [6, 6.07) is 5.06. The minimum Gasteiger partial charge on any atom is -0.507 e. The summed E-state index contributed by atoms with van der Waals surface area (Å²) in [5.41, 5.74) is -0.744. The molecule has 0 spiro atoms. The fourth-order valence-corrected chi connectivity index (χ4v) is 2.50. The highest BCUT2D eigenvalue weighted by atomic mass is 16.7. The first-order valence-electron chi connectivity index (χ1n) is 7.15. The predicted octanol–water partition coefficient (Wildman–Crippen LogP) is -1.32. The van der Waals surface area contributed by atoms with Crippen molar-refractivity contribution in [2.24, 2.45) is 0 Å². The molecule has 2 aromatic rings. The van der Waals surface area contributed by atoms with Gasteiger partial charge in [-0.1, -0.05) is 0 Å². The van der Waals surface area contributed by atoms with Gasteiger partial charge in [0.15, 0.2) is 11.3 Å². The molecule has 0 amide bonds. The second-order valence-electron chi connectivity index (χ2n) is 5.40. The van der Waals surface area contributed by atoms with Crippen LogP contribution in [0, 0.1) is 0 Å². The van der Waals surface area contributed by atoms with Crippen LogP contribution in [0.2, 0.25) is 0 Å². The van der Waals surface area contributed by atoms with Gasteiger partial charge >= 0.3 is 5.63 Å². The van der Waals surface area contributed by atoms with Crippen molar-refractivity contribution >= 4 is 11.0 Å². The molecule has 3 rings (SSSR count). The van der Waals surface area contributed by atoms with E-state index in [9.17, 15) is 25.2 Å². The molecule has 24 heavy (non-hydrogen) atoms. The van der Waals surface area contributed by atoms with E-state index in [-0.39, 0.29) is 22.5 Å². The summed E-state index contributed by atoms with van der Waals surface area (Å²) in [6.07, 6.45) is -7.29. The number of benzene rings is 1. The zero-order valence-electron chi connectivity index (χ0n) is 12.3. The zero-order chi connectivity index (χ0) is 17.4. The molecular formula is C15H16O9. The van der Waals surface area contributed by atoms with Gasteiger partial charge in [-0.2, -0.15) is 0 Å². The van der Waals surface area contributed by atoms with Gasteiger partial charge in [0.25, 0.3) is 0 Å². The van der Waals surface area contributed by atoms with Crippen LogP contribution in [-0.2, 0) is 4.74 Å². The standard InChI is InChI=1S/C15H16O9/c16-5-9-11(19)12(20)13(21)15(23-9)22-8-3-2-7(17)6-1-4-10(18)24-14(6)8/h1-4,9,11-13,15-17,19-21H,5H2. The van der Waals surface area contributed by atoms with Crippen LogP contribution in [0.3, 0.4) is 0 Å². The average Bonchev–Trinajstić information content (AvgIpc) is 2.57. The fourth-order valence-electron chi connectivity index (χ4n) is 2.50. The Kier molecular flexibility index (Phi) is 4.43. The molecule has 0 bridgehead atoms. The fraction of sp³-hybridized carbons (Fsp3) is 0.400. The van der Waals surface area contributed by atoms with Crippen molar-refractivity contribution in [3.8, 4) is 11.5 Å². The normalized spacial score (nSPS) is 30.4. The summed E-state index contributed by atoms with van der Waals surface area (Å²) in [5.74, 6) is -0.167. The number of phenolic OH excluding ortho intramolecular Hbond substituents is 1. The first kappa shape index (κ1) is 16.7. The summed E-state index contributed by atoms with van der Waals surface area (Å²) < 4.78 is 15.7. The number of hydrogen-bond donors (Lipinski definition) is 5. The largest absolute Gasteiger partial charge is 0.507 e. The van der Waals surface area contributed by atoms with Crippen molar-refractivity contribution in [1.29, 1.82) is 0 Å². The molecule has 1 aliphatic heterocycles. The van der Waals surface area contributed by atoms with Crippen molar-refractivity contribution in [2.75, 3.05) is 6.61 Å². The van der Waals surface area contributed by atoms with E-state index >= 15 is 0 Å². The van der Waals surface area contributed by atoms with Crippen molar-refractivity contribution in [2.45, 2.75) is 30.7 Å². The Morgan fingerprint density at radius 1 is 1.04 bits per heavy atom. The summed E-state index contributed by atoms with van der Waals surface area (Å²) in [4.78, 5) is 11.4. The number of phenols is 1. The molecule has 1 aromatic heterocycles. The van der Waals surface area contributed by atoms with Gasteiger partial charge in [0.1, 0.15) is 30.2 Å². The second-order valence-corrected chi connectivity index (χ2v) is 5.40. The van der Waals surface area contributed by atoms with Crippen LogP contribution in [0.5, 0.6) is 11.5 Å². The highest BCUT2D eigenvalue weighted by molar-refractivity contribution is 5.87. The summed E-state index contributed by atoms with van der Waals surface area (Å²) in [6.45, 7) is -0.601. The van der Waals surface area contributed by atoms with Crippen molar-refractivity contribution in [3.63, 3.8) is 0 Å². The third-order valence-corrected chi connectivity index (χ3v) is 3.82. The minimum absolute atomic E-state index is 0.0233. The topological polar surface area (TPSA) is 150 Å². The van der Waals surface area contributed by atoms with E-state index in [4.69, 9.17) is 19.0 Å². The minimum atomic E-state index is -1.61. The molecular weight excluding hydrogens is 324 g/mol. The first-order chi connectivity index (χ1) is 11.4. The monoisotopic (exact) mass is 340 g/mol. The Morgan fingerprint density at radius 3 is 2.50 bits per heavy atom. The summed E-state index contributed by atoms with van der Waals surface area (Å²) in [5, 5.41) is 48.7. The number of ether oxygens (including phenoxy) is 2.